The first kappa shape index (κ1) is 27.2. The smallest absolute Gasteiger partial charge is 0.253 e. The number of amides is 1. The summed E-state index contributed by atoms with van der Waals surface area (Å²) in [6.45, 7) is 5.35. The number of carbonyl (C=O) groups excluding carboxylic acids is 1. The molecule has 7 rings (SSSR count). The fraction of sp³-hybridized carbons (Fsp3) is 0.406. The van der Waals surface area contributed by atoms with E-state index in [2.05, 4.69) is 27.3 Å². The van der Waals surface area contributed by atoms with Gasteiger partial charge in [-0.1, -0.05) is 23.7 Å². The van der Waals surface area contributed by atoms with Gasteiger partial charge in [0, 0.05) is 54.1 Å². The summed E-state index contributed by atoms with van der Waals surface area (Å²) in [5.41, 5.74) is 3.62. The van der Waals surface area contributed by atoms with Crippen LogP contribution >= 0.6 is 11.6 Å². The first-order valence-electron chi connectivity index (χ1n) is 14.7. The molecule has 0 aliphatic carbocycles. The molecule has 2 aromatic carbocycles. The molecule has 2 aromatic heterocycles. The van der Waals surface area contributed by atoms with Gasteiger partial charge < -0.3 is 25.1 Å². The highest BCUT2D eigenvalue weighted by atomic mass is 35.5. The van der Waals surface area contributed by atoms with Gasteiger partial charge in [0.1, 0.15) is 0 Å². The van der Waals surface area contributed by atoms with E-state index in [0.717, 1.165) is 48.8 Å². The number of nitrogens with zero attached hydrogens (tertiary/aromatic N) is 6. The molecule has 3 fully saturated rings. The fourth-order valence-electron chi connectivity index (χ4n) is 6.68. The van der Waals surface area contributed by atoms with Crippen molar-refractivity contribution in [2.75, 3.05) is 56.5 Å². The summed E-state index contributed by atoms with van der Waals surface area (Å²) < 4.78 is 1.78. The van der Waals surface area contributed by atoms with Crippen molar-refractivity contribution >= 4 is 40.5 Å². The van der Waals surface area contributed by atoms with Crippen molar-refractivity contribution in [3.8, 4) is 0 Å². The van der Waals surface area contributed by atoms with Crippen LogP contribution in [0.2, 0.25) is 5.02 Å². The number of rotatable bonds is 5. The highest BCUT2D eigenvalue weighted by molar-refractivity contribution is 6.30. The normalized spacial score (nSPS) is 20.1. The number of carbonyl (C=O) groups is 1. The Morgan fingerprint density at radius 3 is 2.31 bits per heavy atom. The molecule has 0 radical (unpaired) electrons. The van der Waals surface area contributed by atoms with Gasteiger partial charge in [0.15, 0.2) is 5.65 Å². The molecule has 0 bridgehead atoms. The lowest BCUT2D eigenvalue weighted by atomic mass is 9.72. The molecule has 0 saturated carbocycles. The molecule has 218 valence electrons. The fourth-order valence-corrected chi connectivity index (χ4v) is 6.81. The third-order valence-corrected chi connectivity index (χ3v) is 9.68. The number of fused-ring (bicyclic) bond motifs is 1. The highest BCUT2D eigenvalue weighted by Crippen LogP contribution is 2.41. The van der Waals surface area contributed by atoms with E-state index in [1.807, 2.05) is 71.8 Å². The number of nitrogens with one attached hydrogen (secondary N) is 1. The number of likely N-dealkylation sites (tertiary alicyclic amines) is 2. The van der Waals surface area contributed by atoms with Gasteiger partial charge in [-0.3, -0.25) is 4.79 Å². The zero-order valence-corrected chi connectivity index (χ0v) is 24.6. The van der Waals surface area contributed by atoms with Crippen LogP contribution in [0.5, 0.6) is 0 Å². The first-order valence-corrected chi connectivity index (χ1v) is 15.1. The van der Waals surface area contributed by atoms with Crippen LogP contribution in [0.15, 0.2) is 66.9 Å². The molecular formula is C32H36ClN7O2. The number of hydrogen-bond donors (Lipinski definition) is 2. The van der Waals surface area contributed by atoms with E-state index in [1.165, 1.54) is 12.8 Å². The molecular weight excluding hydrogens is 550 g/mol. The average Bonchev–Trinajstić information content (AvgIpc) is 3.40. The van der Waals surface area contributed by atoms with Gasteiger partial charge in [-0.25, -0.2) is 4.52 Å². The Morgan fingerprint density at radius 2 is 1.62 bits per heavy atom. The number of halogens is 1. The molecule has 42 heavy (non-hydrogen) atoms. The molecule has 5 heterocycles. The second kappa shape index (κ2) is 10.6. The molecule has 0 atom stereocenters. The van der Waals surface area contributed by atoms with E-state index in [-0.39, 0.29) is 5.91 Å². The number of piperidine rings is 2. The molecule has 3 saturated heterocycles. The Balaban J connectivity index is 0.999. The number of aromatic nitrogens is 3. The zero-order chi connectivity index (χ0) is 28.9. The predicted octanol–water partition coefficient (Wildman–Crippen LogP) is 4.78. The molecule has 9 nitrogen and oxygen atoms in total. The lowest BCUT2D eigenvalue weighted by molar-refractivity contribution is -0.0283. The summed E-state index contributed by atoms with van der Waals surface area (Å²) in [7, 11) is 2.17. The van der Waals surface area contributed by atoms with E-state index in [9.17, 15) is 9.90 Å². The van der Waals surface area contributed by atoms with Crippen molar-refractivity contribution in [2.24, 2.45) is 5.41 Å². The Kier molecular flexibility index (Phi) is 6.84. The first-order chi connectivity index (χ1) is 20.3. The van der Waals surface area contributed by atoms with Crippen LogP contribution in [0, 0.1) is 5.41 Å². The topological polar surface area (TPSA) is 89.2 Å². The van der Waals surface area contributed by atoms with Crippen molar-refractivity contribution < 1.29 is 9.90 Å². The minimum absolute atomic E-state index is 0.103. The van der Waals surface area contributed by atoms with Crippen LogP contribution in [0.1, 0.15) is 41.6 Å². The highest BCUT2D eigenvalue weighted by Gasteiger charge is 2.46. The monoisotopic (exact) mass is 585 g/mol. The van der Waals surface area contributed by atoms with Gasteiger partial charge in [-0.2, -0.15) is 4.98 Å². The van der Waals surface area contributed by atoms with Crippen LogP contribution < -0.4 is 10.2 Å². The summed E-state index contributed by atoms with van der Waals surface area (Å²) >= 11 is 6.05. The minimum atomic E-state index is -0.871. The molecule has 3 aliphatic heterocycles. The molecule has 3 aliphatic rings. The van der Waals surface area contributed by atoms with Crippen LogP contribution in [-0.2, 0) is 5.60 Å². The Morgan fingerprint density at radius 1 is 0.929 bits per heavy atom. The van der Waals surface area contributed by atoms with Gasteiger partial charge in [0.05, 0.1) is 11.3 Å². The Hall–Kier alpha value is -3.66. The third-order valence-electron chi connectivity index (χ3n) is 9.43. The Labute approximate surface area is 250 Å². The maximum Gasteiger partial charge on any atom is 0.253 e. The SMILES string of the molecule is CN1CCC2(CC1)CN(C(=O)c1ccc(Nc3nc4c(N5CCC(O)(c6ccc(Cl)cc6)CC5)cccn4n3)cc1)C2. The summed E-state index contributed by atoms with van der Waals surface area (Å²) in [6, 6.07) is 19.1. The number of aliphatic hydroxyl groups is 1. The van der Waals surface area contributed by atoms with Crippen molar-refractivity contribution in [3.05, 3.63) is 83.0 Å². The average molecular weight is 586 g/mol. The zero-order valence-electron chi connectivity index (χ0n) is 23.8. The van der Waals surface area contributed by atoms with Gasteiger partial charge >= 0.3 is 0 Å². The summed E-state index contributed by atoms with van der Waals surface area (Å²) in [5.74, 6) is 0.592. The van der Waals surface area contributed by atoms with Crippen LogP contribution in [0.4, 0.5) is 17.3 Å². The van der Waals surface area contributed by atoms with Crippen LogP contribution in [-0.4, -0.2) is 81.7 Å². The minimum Gasteiger partial charge on any atom is -0.385 e. The van der Waals surface area contributed by atoms with Gasteiger partial charge in [0.25, 0.3) is 5.91 Å². The van der Waals surface area contributed by atoms with Gasteiger partial charge in [-0.15, -0.1) is 5.10 Å². The summed E-state index contributed by atoms with van der Waals surface area (Å²) in [6.07, 6.45) is 5.45. The molecule has 0 unspecified atom stereocenters. The number of benzene rings is 2. The van der Waals surface area contributed by atoms with E-state index in [4.69, 9.17) is 16.6 Å². The van der Waals surface area contributed by atoms with Crippen LogP contribution in [0.3, 0.4) is 0 Å². The predicted molar refractivity (Wildman–Crippen MR) is 165 cm³/mol. The third kappa shape index (κ3) is 5.10. The van der Waals surface area contributed by atoms with E-state index in [0.29, 0.717) is 47.9 Å². The molecule has 4 aromatic rings. The molecule has 10 heteroatoms. The molecule has 1 spiro atoms. The standard InChI is InChI=1S/C32H36ClN7O2/c1-37-17-12-31(13-18-37)21-39(22-31)29(41)23-4-10-26(11-5-23)34-30-35-28-27(3-2-16-40(28)36-30)38-19-14-32(42,15-20-38)24-6-8-25(33)9-7-24/h2-11,16,42H,12-15,17-22H2,1H3,(H,34,36). The van der Waals surface area contributed by atoms with E-state index in [1.54, 1.807) is 4.52 Å². The largest absolute Gasteiger partial charge is 0.385 e. The molecule has 1 amide bonds. The Bertz CT molecular complexity index is 1580. The van der Waals surface area contributed by atoms with Crippen molar-refractivity contribution in [3.63, 3.8) is 0 Å². The van der Waals surface area contributed by atoms with E-state index >= 15 is 0 Å². The van der Waals surface area contributed by atoms with Crippen molar-refractivity contribution in [1.29, 1.82) is 0 Å². The van der Waals surface area contributed by atoms with Crippen molar-refractivity contribution in [1.82, 2.24) is 24.4 Å². The summed E-state index contributed by atoms with van der Waals surface area (Å²) in [5, 5.41) is 19.9. The van der Waals surface area contributed by atoms with E-state index < -0.39 is 5.60 Å². The maximum atomic E-state index is 13.1. The van der Waals surface area contributed by atoms with Gasteiger partial charge in [0.2, 0.25) is 5.95 Å². The lowest BCUT2D eigenvalue weighted by Gasteiger charge is -2.53. The lowest BCUT2D eigenvalue weighted by Crippen LogP contribution is -2.61. The van der Waals surface area contributed by atoms with Gasteiger partial charge in [-0.05, 0) is 99.9 Å². The number of pyridine rings is 1. The second-order valence-corrected chi connectivity index (χ2v) is 12.7. The van der Waals surface area contributed by atoms with Crippen molar-refractivity contribution in [2.45, 2.75) is 31.3 Å². The number of anilines is 3. The van der Waals surface area contributed by atoms with Crippen LogP contribution in [0.25, 0.3) is 5.65 Å². The quantitative estimate of drug-likeness (QED) is 0.348. The molecule has 2 N–H and O–H groups in total. The maximum absolute atomic E-state index is 13.1. The second-order valence-electron chi connectivity index (χ2n) is 12.3. The number of hydrogen-bond acceptors (Lipinski definition) is 7. The summed E-state index contributed by atoms with van der Waals surface area (Å²) in [4.78, 5) is 24.5.